The number of carbonyl (C=O) groups excluding carboxylic acids is 2. The van der Waals surface area contributed by atoms with Gasteiger partial charge in [0.1, 0.15) is 0 Å². The van der Waals surface area contributed by atoms with Crippen molar-refractivity contribution in [1.82, 2.24) is 9.80 Å². The summed E-state index contributed by atoms with van der Waals surface area (Å²) in [6.07, 6.45) is 1.62. The van der Waals surface area contributed by atoms with Gasteiger partial charge in [-0.2, -0.15) is 0 Å². The van der Waals surface area contributed by atoms with E-state index in [0.29, 0.717) is 30.2 Å². The fourth-order valence-electron chi connectivity index (χ4n) is 4.22. The van der Waals surface area contributed by atoms with Crippen molar-refractivity contribution in [2.75, 3.05) is 20.1 Å². The van der Waals surface area contributed by atoms with Crippen LogP contribution in [0.3, 0.4) is 0 Å². The molecule has 154 valence electrons. The van der Waals surface area contributed by atoms with Crippen LogP contribution < -0.4 is 0 Å². The molecule has 1 saturated heterocycles. The van der Waals surface area contributed by atoms with Crippen LogP contribution in [0.1, 0.15) is 28.8 Å². The first-order valence-corrected chi connectivity index (χ1v) is 10.7. The summed E-state index contributed by atoms with van der Waals surface area (Å²) in [5.74, 6) is -0.131. The molecule has 4 nitrogen and oxygen atoms in total. The molecule has 0 spiro atoms. The second kappa shape index (κ2) is 8.88. The van der Waals surface area contributed by atoms with Crippen molar-refractivity contribution in [2.24, 2.45) is 5.92 Å². The first-order chi connectivity index (χ1) is 14.5. The summed E-state index contributed by atoms with van der Waals surface area (Å²) in [5, 5.41) is 2.66. The summed E-state index contributed by atoms with van der Waals surface area (Å²) in [7, 11) is 1.80. The lowest BCUT2D eigenvalue weighted by atomic mass is 9.95. The van der Waals surface area contributed by atoms with Crippen LogP contribution in [0, 0.1) is 5.92 Å². The van der Waals surface area contributed by atoms with E-state index in [0.717, 1.165) is 29.2 Å². The molecule has 1 aliphatic heterocycles. The van der Waals surface area contributed by atoms with Crippen molar-refractivity contribution in [2.45, 2.75) is 19.4 Å². The van der Waals surface area contributed by atoms with Crippen molar-refractivity contribution in [3.8, 4) is 0 Å². The van der Waals surface area contributed by atoms with Crippen molar-refractivity contribution in [1.29, 1.82) is 0 Å². The van der Waals surface area contributed by atoms with Crippen LogP contribution in [-0.2, 0) is 11.3 Å². The van der Waals surface area contributed by atoms with E-state index in [2.05, 4.69) is 0 Å². The Labute approximate surface area is 182 Å². The lowest BCUT2D eigenvalue weighted by Gasteiger charge is -2.34. The fourth-order valence-corrected chi connectivity index (χ4v) is 4.41. The maximum absolute atomic E-state index is 13.3. The van der Waals surface area contributed by atoms with Gasteiger partial charge in [-0.05, 0) is 41.3 Å². The highest BCUT2D eigenvalue weighted by atomic mass is 35.5. The number of hydrogen-bond donors (Lipinski definition) is 0. The second-order valence-corrected chi connectivity index (χ2v) is 8.31. The monoisotopic (exact) mass is 420 g/mol. The molecule has 0 radical (unpaired) electrons. The van der Waals surface area contributed by atoms with Crippen LogP contribution in [0.5, 0.6) is 0 Å². The molecule has 1 aliphatic rings. The van der Waals surface area contributed by atoms with E-state index < -0.39 is 0 Å². The van der Waals surface area contributed by atoms with Gasteiger partial charge in [0, 0.05) is 37.3 Å². The molecule has 2 amide bonds. The topological polar surface area (TPSA) is 40.6 Å². The zero-order valence-corrected chi connectivity index (χ0v) is 17.8. The van der Waals surface area contributed by atoms with Crippen LogP contribution in [0.2, 0.25) is 5.02 Å². The Hall–Kier alpha value is -2.85. The molecule has 0 aliphatic carbocycles. The Morgan fingerprint density at radius 3 is 2.60 bits per heavy atom. The van der Waals surface area contributed by atoms with E-state index in [1.807, 2.05) is 71.6 Å². The zero-order chi connectivity index (χ0) is 21.1. The summed E-state index contributed by atoms with van der Waals surface area (Å²) in [4.78, 5) is 29.9. The molecule has 1 atom stereocenters. The van der Waals surface area contributed by atoms with Gasteiger partial charge < -0.3 is 9.80 Å². The third kappa shape index (κ3) is 4.19. The lowest BCUT2D eigenvalue weighted by molar-refractivity contribution is -0.136. The molecule has 3 aromatic carbocycles. The summed E-state index contributed by atoms with van der Waals surface area (Å²) >= 11 is 6.25. The maximum Gasteiger partial charge on any atom is 0.254 e. The van der Waals surface area contributed by atoms with Crippen molar-refractivity contribution in [3.63, 3.8) is 0 Å². The molecular weight excluding hydrogens is 396 g/mol. The molecule has 1 unspecified atom stereocenters. The normalized spacial score (nSPS) is 16.5. The molecule has 4 rings (SSSR count). The molecule has 0 saturated carbocycles. The molecule has 3 aromatic rings. The molecule has 1 heterocycles. The zero-order valence-electron chi connectivity index (χ0n) is 17.1. The Bertz CT molecular complexity index is 1080. The van der Waals surface area contributed by atoms with Gasteiger partial charge in [0.05, 0.1) is 5.92 Å². The molecule has 0 bridgehead atoms. The summed E-state index contributed by atoms with van der Waals surface area (Å²) in [5.41, 5.74) is 1.63. The molecule has 30 heavy (non-hydrogen) atoms. The Morgan fingerprint density at radius 1 is 1.03 bits per heavy atom. The van der Waals surface area contributed by atoms with Gasteiger partial charge in [0.25, 0.3) is 5.91 Å². The number of likely N-dealkylation sites (tertiary alicyclic amines) is 1. The summed E-state index contributed by atoms with van der Waals surface area (Å²) < 4.78 is 0. The first kappa shape index (κ1) is 20.4. The molecular formula is C25H25ClN2O2. The minimum Gasteiger partial charge on any atom is -0.341 e. The molecule has 1 fully saturated rings. The van der Waals surface area contributed by atoms with E-state index in [9.17, 15) is 9.59 Å². The quantitative estimate of drug-likeness (QED) is 0.595. The van der Waals surface area contributed by atoms with Gasteiger partial charge in [-0.25, -0.2) is 0 Å². The maximum atomic E-state index is 13.3. The summed E-state index contributed by atoms with van der Waals surface area (Å²) in [6.45, 7) is 1.60. The highest BCUT2D eigenvalue weighted by molar-refractivity contribution is 6.31. The third-order valence-corrected chi connectivity index (χ3v) is 6.19. The largest absolute Gasteiger partial charge is 0.341 e. The van der Waals surface area contributed by atoms with Crippen molar-refractivity contribution in [3.05, 3.63) is 82.9 Å². The van der Waals surface area contributed by atoms with E-state index in [1.165, 1.54) is 0 Å². The second-order valence-electron chi connectivity index (χ2n) is 7.90. The van der Waals surface area contributed by atoms with E-state index in [-0.39, 0.29) is 17.7 Å². The number of rotatable bonds is 4. The number of carbonyl (C=O) groups is 2. The molecule has 0 N–H and O–H groups in total. The number of amides is 2. The average Bonchev–Trinajstić information content (AvgIpc) is 2.79. The fraction of sp³-hybridized carbons (Fsp3) is 0.280. The van der Waals surface area contributed by atoms with E-state index >= 15 is 0 Å². The highest BCUT2D eigenvalue weighted by Gasteiger charge is 2.31. The first-order valence-electron chi connectivity index (χ1n) is 10.3. The van der Waals surface area contributed by atoms with Gasteiger partial charge in [-0.3, -0.25) is 9.59 Å². The Morgan fingerprint density at radius 2 is 1.77 bits per heavy atom. The Kier molecular flexibility index (Phi) is 6.05. The Balaban J connectivity index is 1.48. The molecule has 0 aromatic heterocycles. The highest BCUT2D eigenvalue weighted by Crippen LogP contribution is 2.25. The van der Waals surface area contributed by atoms with Crippen LogP contribution in [0.25, 0.3) is 10.8 Å². The molecule has 5 heteroatoms. The van der Waals surface area contributed by atoms with Crippen LogP contribution in [0.4, 0.5) is 0 Å². The van der Waals surface area contributed by atoms with Crippen LogP contribution in [0.15, 0.2) is 66.7 Å². The number of nitrogens with zero attached hydrogens (tertiary/aromatic N) is 2. The SMILES string of the molecule is CN(Cc1ccccc1Cl)C(=O)C1CCCN(C(=O)c2cccc3ccccc23)C1. The number of halogens is 1. The van der Waals surface area contributed by atoms with E-state index in [1.54, 1.807) is 11.9 Å². The predicted octanol–water partition coefficient (Wildman–Crippen LogP) is 5.00. The van der Waals surface area contributed by atoms with Gasteiger partial charge in [0.2, 0.25) is 5.91 Å². The average molecular weight is 421 g/mol. The summed E-state index contributed by atoms with van der Waals surface area (Å²) in [6, 6.07) is 21.3. The lowest BCUT2D eigenvalue weighted by Crippen LogP contribution is -2.45. The van der Waals surface area contributed by atoms with Crippen LogP contribution >= 0.6 is 11.6 Å². The van der Waals surface area contributed by atoms with Gasteiger partial charge in [0.15, 0.2) is 0 Å². The number of benzene rings is 3. The van der Waals surface area contributed by atoms with Crippen molar-refractivity contribution < 1.29 is 9.59 Å². The van der Waals surface area contributed by atoms with Gasteiger partial charge >= 0.3 is 0 Å². The number of fused-ring (bicyclic) bond motifs is 1. The minimum atomic E-state index is -0.190. The minimum absolute atomic E-state index is 0.00180. The predicted molar refractivity (Wildman–Crippen MR) is 121 cm³/mol. The van der Waals surface area contributed by atoms with E-state index in [4.69, 9.17) is 11.6 Å². The van der Waals surface area contributed by atoms with Gasteiger partial charge in [-0.15, -0.1) is 0 Å². The number of hydrogen-bond acceptors (Lipinski definition) is 2. The third-order valence-electron chi connectivity index (χ3n) is 5.82. The smallest absolute Gasteiger partial charge is 0.254 e. The number of piperidine rings is 1. The van der Waals surface area contributed by atoms with Crippen LogP contribution in [-0.4, -0.2) is 41.8 Å². The van der Waals surface area contributed by atoms with Gasteiger partial charge in [-0.1, -0.05) is 66.2 Å². The van der Waals surface area contributed by atoms with Crippen molar-refractivity contribution >= 4 is 34.2 Å². The standard InChI is InChI=1S/C25H25ClN2O2/c1-27(16-19-9-3-5-14-23(19)26)24(29)20-11-7-15-28(17-20)25(30)22-13-6-10-18-8-2-4-12-21(18)22/h2-6,8-10,12-14,20H,7,11,15-17H2,1H3.